The molecular formula is C12H15ClN2O2. The maximum Gasteiger partial charge on any atom is 0.321 e. The first kappa shape index (κ1) is 13.5. The summed E-state index contributed by atoms with van der Waals surface area (Å²) >= 11 is 5.25. The lowest BCUT2D eigenvalue weighted by atomic mass is 10.1. The highest BCUT2D eigenvalue weighted by atomic mass is 35.5. The number of alkyl halides is 1. The van der Waals surface area contributed by atoms with E-state index in [4.69, 9.17) is 11.6 Å². The Bertz CT molecular complexity index is 407. The minimum atomic E-state index is -0.511. The molecule has 1 aromatic carbocycles. The van der Waals surface area contributed by atoms with Gasteiger partial charge in [0.1, 0.15) is 5.88 Å². The van der Waals surface area contributed by atoms with Gasteiger partial charge in [0, 0.05) is 6.54 Å². The first-order chi connectivity index (χ1) is 8.11. The molecule has 3 amide bonds. The number of halogens is 1. The third kappa shape index (κ3) is 5.36. The molecule has 5 heteroatoms. The van der Waals surface area contributed by atoms with E-state index in [2.05, 4.69) is 16.7 Å². The number of carbonyl (C=O) groups excluding carboxylic acids is 2. The summed E-state index contributed by atoms with van der Waals surface area (Å²) in [4.78, 5) is 22.0. The molecule has 0 saturated carbocycles. The molecule has 0 radical (unpaired) electrons. The van der Waals surface area contributed by atoms with Crippen LogP contribution in [0.4, 0.5) is 4.79 Å². The van der Waals surface area contributed by atoms with Crippen molar-refractivity contribution in [2.45, 2.75) is 13.3 Å². The van der Waals surface area contributed by atoms with Crippen LogP contribution in [-0.4, -0.2) is 24.4 Å². The van der Waals surface area contributed by atoms with Crippen LogP contribution in [0.25, 0.3) is 0 Å². The van der Waals surface area contributed by atoms with Gasteiger partial charge >= 0.3 is 6.03 Å². The van der Waals surface area contributed by atoms with E-state index < -0.39 is 11.9 Å². The molecule has 1 rings (SSSR count). The molecule has 0 aliphatic carbocycles. The third-order valence-corrected chi connectivity index (χ3v) is 2.40. The Morgan fingerprint density at radius 3 is 2.76 bits per heavy atom. The van der Waals surface area contributed by atoms with Gasteiger partial charge in [0.05, 0.1) is 0 Å². The van der Waals surface area contributed by atoms with Crippen LogP contribution in [0.5, 0.6) is 0 Å². The number of urea groups is 1. The monoisotopic (exact) mass is 254 g/mol. The molecule has 0 aliphatic rings. The number of hydrogen-bond acceptors (Lipinski definition) is 2. The molecule has 17 heavy (non-hydrogen) atoms. The average Bonchev–Trinajstić information content (AvgIpc) is 2.29. The van der Waals surface area contributed by atoms with Crippen molar-refractivity contribution in [3.05, 3.63) is 35.4 Å². The topological polar surface area (TPSA) is 58.2 Å². The third-order valence-electron chi connectivity index (χ3n) is 2.16. The summed E-state index contributed by atoms with van der Waals surface area (Å²) in [5.74, 6) is -0.717. The smallest absolute Gasteiger partial charge is 0.321 e. The van der Waals surface area contributed by atoms with Crippen LogP contribution in [-0.2, 0) is 11.2 Å². The summed E-state index contributed by atoms with van der Waals surface area (Å²) in [6.45, 7) is 2.49. The summed E-state index contributed by atoms with van der Waals surface area (Å²) in [5, 5.41) is 4.69. The molecule has 0 heterocycles. The van der Waals surface area contributed by atoms with Crippen molar-refractivity contribution in [3.63, 3.8) is 0 Å². The average molecular weight is 255 g/mol. The Morgan fingerprint density at radius 2 is 2.12 bits per heavy atom. The molecule has 0 atom stereocenters. The van der Waals surface area contributed by atoms with Crippen molar-refractivity contribution < 1.29 is 9.59 Å². The van der Waals surface area contributed by atoms with Crippen molar-refractivity contribution in [2.75, 3.05) is 12.4 Å². The molecule has 0 unspecified atom stereocenters. The lowest BCUT2D eigenvalue weighted by molar-refractivity contribution is -0.117. The Labute approximate surface area is 105 Å². The fourth-order valence-electron chi connectivity index (χ4n) is 1.39. The Balaban J connectivity index is 2.28. The number of aryl methyl sites for hydroxylation is 1. The van der Waals surface area contributed by atoms with Gasteiger partial charge in [-0.1, -0.05) is 29.8 Å². The van der Waals surface area contributed by atoms with Crippen molar-refractivity contribution >= 4 is 23.5 Å². The number of carbonyl (C=O) groups is 2. The Hall–Kier alpha value is -1.55. The number of hydrogen-bond donors (Lipinski definition) is 2. The van der Waals surface area contributed by atoms with E-state index in [1.165, 1.54) is 5.56 Å². The fourth-order valence-corrected chi connectivity index (χ4v) is 1.46. The second-order valence-electron chi connectivity index (χ2n) is 3.68. The standard InChI is InChI=1S/C12H15ClN2O2/c1-9-3-2-4-10(7-9)5-6-14-12(17)15-11(16)8-13/h2-4,7H,5-6,8H2,1H3,(H2,14,15,16,17). The van der Waals surface area contributed by atoms with E-state index >= 15 is 0 Å². The van der Waals surface area contributed by atoms with Gasteiger partial charge in [0.2, 0.25) is 5.91 Å². The van der Waals surface area contributed by atoms with Gasteiger partial charge < -0.3 is 5.32 Å². The van der Waals surface area contributed by atoms with Gasteiger partial charge in [0.25, 0.3) is 0 Å². The minimum absolute atomic E-state index is 0.217. The molecule has 92 valence electrons. The van der Waals surface area contributed by atoms with Crippen LogP contribution < -0.4 is 10.6 Å². The number of nitrogens with one attached hydrogen (secondary N) is 2. The van der Waals surface area contributed by atoms with Gasteiger partial charge in [-0.3, -0.25) is 10.1 Å². The normalized spacial score (nSPS) is 9.76. The lowest BCUT2D eigenvalue weighted by Gasteiger charge is -2.06. The number of amides is 3. The van der Waals surface area contributed by atoms with Crippen molar-refractivity contribution in [1.29, 1.82) is 0 Å². The maximum absolute atomic E-state index is 11.2. The predicted octanol–water partition coefficient (Wildman–Crippen LogP) is 1.60. The zero-order valence-corrected chi connectivity index (χ0v) is 10.4. The van der Waals surface area contributed by atoms with Crippen LogP contribution in [0.2, 0.25) is 0 Å². The van der Waals surface area contributed by atoms with Crippen molar-refractivity contribution in [2.24, 2.45) is 0 Å². The van der Waals surface area contributed by atoms with Gasteiger partial charge in [-0.25, -0.2) is 4.79 Å². The molecule has 0 bridgehead atoms. The van der Waals surface area contributed by atoms with Crippen molar-refractivity contribution in [1.82, 2.24) is 10.6 Å². The summed E-state index contributed by atoms with van der Waals surface area (Å²) in [6, 6.07) is 7.54. The molecule has 2 N–H and O–H groups in total. The quantitative estimate of drug-likeness (QED) is 0.802. The van der Waals surface area contributed by atoms with E-state index in [9.17, 15) is 9.59 Å². The fraction of sp³-hybridized carbons (Fsp3) is 0.333. The van der Waals surface area contributed by atoms with Crippen LogP contribution in [0.1, 0.15) is 11.1 Å². The largest absolute Gasteiger partial charge is 0.337 e. The van der Waals surface area contributed by atoms with Crippen LogP contribution >= 0.6 is 11.6 Å². The molecule has 0 aliphatic heterocycles. The molecule has 4 nitrogen and oxygen atoms in total. The summed E-state index contributed by atoms with van der Waals surface area (Å²) in [7, 11) is 0. The SMILES string of the molecule is Cc1cccc(CCNC(=O)NC(=O)CCl)c1. The zero-order valence-electron chi connectivity index (χ0n) is 9.63. The second-order valence-corrected chi connectivity index (χ2v) is 3.94. The van der Waals surface area contributed by atoms with E-state index in [0.717, 1.165) is 12.0 Å². The van der Waals surface area contributed by atoms with E-state index in [0.29, 0.717) is 6.54 Å². The number of benzene rings is 1. The molecule has 0 aromatic heterocycles. The molecule has 0 spiro atoms. The van der Waals surface area contributed by atoms with Crippen LogP contribution in [0.15, 0.2) is 24.3 Å². The number of imide groups is 1. The van der Waals surface area contributed by atoms with Gasteiger partial charge in [-0.05, 0) is 18.9 Å². The predicted molar refractivity (Wildman–Crippen MR) is 67.1 cm³/mol. The highest BCUT2D eigenvalue weighted by Gasteiger charge is 2.04. The highest BCUT2D eigenvalue weighted by molar-refractivity contribution is 6.28. The molecule has 0 fully saturated rings. The van der Waals surface area contributed by atoms with E-state index in [1.807, 2.05) is 25.1 Å². The summed E-state index contributed by atoms with van der Waals surface area (Å²) in [6.07, 6.45) is 0.726. The highest BCUT2D eigenvalue weighted by Crippen LogP contribution is 2.03. The Morgan fingerprint density at radius 1 is 1.35 bits per heavy atom. The maximum atomic E-state index is 11.2. The first-order valence-corrected chi connectivity index (χ1v) is 5.84. The molecular weight excluding hydrogens is 240 g/mol. The van der Waals surface area contributed by atoms with E-state index in [-0.39, 0.29) is 5.88 Å². The van der Waals surface area contributed by atoms with Gasteiger partial charge in [-0.2, -0.15) is 0 Å². The molecule has 0 saturated heterocycles. The summed E-state index contributed by atoms with van der Waals surface area (Å²) < 4.78 is 0. The lowest BCUT2D eigenvalue weighted by Crippen LogP contribution is -2.40. The summed E-state index contributed by atoms with van der Waals surface area (Å²) in [5.41, 5.74) is 2.33. The first-order valence-electron chi connectivity index (χ1n) is 5.31. The van der Waals surface area contributed by atoms with Gasteiger partial charge in [0.15, 0.2) is 0 Å². The van der Waals surface area contributed by atoms with Crippen LogP contribution in [0.3, 0.4) is 0 Å². The minimum Gasteiger partial charge on any atom is -0.337 e. The number of rotatable bonds is 4. The van der Waals surface area contributed by atoms with Crippen molar-refractivity contribution in [3.8, 4) is 0 Å². The molecule has 1 aromatic rings. The second kappa shape index (κ2) is 6.91. The van der Waals surface area contributed by atoms with E-state index in [1.54, 1.807) is 0 Å². The van der Waals surface area contributed by atoms with Crippen LogP contribution in [0, 0.1) is 6.92 Å². The Kier molecular flexibility index (Phi) is 5.49. The van der Waals surface area contributed by atoms with Gasteiger partial charge in [-0.15, -0.1) is 11.6 Å². The zero-order chi connectivity index (χ0) is 12.7.